The van der Waals surface area contributed by atoms with E-state index in [0.29, 0.717) is 5.41 Å². The lowest BCUT2D eigenvalue weighted by Crippen LogP contribution is -2.31. The minimum absolute atomic E-state index is 0.506. The van der Waals surface area contributed by atoms with Gasteiger partial charge in [-0.05, 0) is 68.0 Å². The average molecular weight is 273 g/mol. The van der Waals surface area contributed by atoms with E-state index in [9.17, 15) is 0 Å². The molecule has 0 aromatic heterocycles. The second-order valence-electron chi connectivity index (χ2n) is 7.52. The summed E-state index contributed by atoms with van der Waals surface area (Å²) in [6.07, 6.45) is 6.84. The number of hydrogen-bond donors (Lipinski definition) is 1. The van der Waals surface area contributed by atoms with Crippen molar-refractivity contribution in [2.75, 3.05) is 13.1 Å². The van der Waals surface area contributed by atoms with Gasteiger partial charge in [-0.1, -0.05) is 51.1 Å². The van der Waals surface area contributed by atoms with E-state index >= 15 is 0 Å². The summed E-state index contributed by atoms with van der Waals surface area (Å²) < 4.78 is 0. The SMILES string of the molecule is CC(C)(C)C1CCC(CNCCc2ccccc2)CC1. The van der Waals surface area contributed by atoms with E-state index in [2.05, 4.69) is 56.4 Å². The highest BCUT2D eigenvalue weighted by Crippen LogP contribution is 2.39. The molecular formula is C19H31N. The molecule has 0 bridgehead atoms. The largest absolute Gasteiger partial charge is 0.316 e. The van der Waals surface area contributed by atoms with Crippen LogP contribution in [0.4, 0.5) is 0 Å². The summed E-state index contributed by atoms with van der Waals surface area (Å²) in [5.41, 5.74) is 1.95. The van der Waals surface area contributed by atoms with Crippen LogP contribution < -0.4 is 5.32 Å². The van der Waals surface area contributed by atoms with Crippen LogP contribution in [0.1, 0.15) is 52.0 Å². The Bertz CT molecular complexity index is 369. The monoisotopic (exact) mass is 273 g/mol. The fraction of sp³-hybridized carbons (Fsp3) is 0.684. The maximum absolute atomic E-state index is 3.66. The van der Waals surface area contributed by atoms with Crippen molar-refractivity contribution in [2.24, 2.45) is 17.3 Å². The van der Waals surface area contributed by atoms with Crippen molar-refractivity contribution in [3.8, 4) is 0 Å². The number of benzene rings is 1. The van der Waals surface area contributed by atoms with Gasteiger partial charge in [-0.25, -0.2) is 0 Å². The Labute approximate surface area is 125 Å². The molecular weight excluding hydrogens is 242 g/mol. The van der Waals surface area contributed by atoms with Crippen LogP contribution in [0.5, 0.6) is 0 Å². The maximum atomic E-state index is 3.66. The van der Waals surface area contributed by atoms with Crippen molar-refractivity contribution in [2.45, 2.75) is 52.9 Å². The Balaban J connectivity index is 1.60. The van der Waals surface area contributed by atoms with Gasteiger partial charge in [0.05, 0.1) is 0 Å². The lowest BCUT2D eigenvalue weighted by Gasteiger charge is -2.37. The molecule has 1 N–H and O–H groups in total. The first kappa shape index (κ1) is 15.6. The molecule has 0 unspecified atom stereocenters. The first-order valence-corrected chi connectivity index (χ1v) is 8.30. The molecule has 112 valence electrons. The van der Waals surface area contributed by atoms with Gasteiger partial charge in [0.2, 0.25) is 0 Å². The Morgan fingerprint density at radius 1 is 1.00 bits per heavy atom. The summed E-state index contributed by atoms with van der Waals surface area (Å²) in [5, 5.41) is 3.66. The Morgan fingerprint density at radius 3 is 2.25 bits per heavy atom. The van der Waals surface area contributed by atoms with Crippen molar-refractivity contribution in [3.63, 3.8) is 0 Å². The molecule has 1 aliphatic carbocycles. The Hall–Kier alpha value is -0.820. The van der Waals surface area contributed by atoms with E-state index in [1.807, 2.05) is 0 Å². The molecule has 1 heteroatoms. The van der Waals surface area contributed by atoms with Gasteiger partial charge in [-0.2, -0.15) is 0 Å². The molecule has 1 aromatic rings. The molecule has 1 fully saturated rings. The van der Waals surface area contributed by atoms with Gasteiger partial charge in [-0.15, -0.1) is 0 Å². The predicted octanol–water partition coefficient (Wildman–Crippen LogP) is 4.67. The van der Waals surface area contributed by atoms with Gasteiger partial charge in [0.1, 0.15) is 0 Å². The molecule has 0 atom stereocenters. The zero-order valence-corrected chi connectivity index (χ0v) is 13.5. The average Bonchev–Trinajstić information content (AvgIpc) is 2.44. The smallest absolute Gasteiger partial charge is 0.000824 e. The van der Waals surface area contributed by atoms with E-state index < -0.39 is 0 Å². The molecule has 0 saturated heterocycles. The van der Waals surface area contributed by atoms with E-state index in [1.165, 1.54) is 37.8 Å². The lowest BCUT2D eigenvalue weighted by atomic mass is 9.70. The summed E-state index contributed by atoms with van der Waals surface area (Å²) in [7, 11) is 0. The molecule has 1 aliphatic rings. The van der Waals surface area contributed by atoms with Crippen LogP contribution >= 0.6 is 0 Å². The number of hydrogen-bond acceptors (Lipinski definition) is 1. The van der Waals surface area contributed by atoms with Gasteiger partial charge in [0.15, 0.2) is 0 Å². The third-order valence-corrected chi connectivity index (χ3v) is 4.94. The van der Waals surface area contributed by atoms with E-state index in [1.54, 1.807) is 0 Å². The summed E-state index contributed by atoms with van der Waals surface area (Å²) >= 11 is 0. The van der Waals surface area contributed by atoms with Crippen molar-refractivity contribution in [1.29, 1.82) is 0 Å². The number of rotatable bonds is 5. The predicted molar refractivity (Wildman–Crippen MR) is 87.9 cm³/mol. The van der Waals surface area contributed by atoms with Gasteiger partial charge in [-0.3, -0.25) is 0 Å². The molecule has 1 nitrogen and oxygen atoms in total. The molecule has 0 amide bonds. The molecule has 0 heterocycles. The van der Waals surface area contributed by atoms with Crippen LogP contribution in [0, 0.1) is 17.3 Å². The molecule has 0 radical (unpaired) electrons. The standard InChI is InChI=1S/C19H31N/c1-19(2,3)18-11-9-17(10-12-18)15-20-14-13-16-7-5-4-6-8-16/h4-8,17-18,20H,9-15H2,1-3H3. The normalized spacial score (nSPS) is 23.8. The molecule has 0 aliphatic heterocycles. The quantitative estimate of drug-likeness (QED) is 0.769. The molecule has 0 spiro atoms. The summed E-state index contributed by atoms with van der Waals surface area (Å²) in [6, 6.07) is 10.8. The zero-order chi connectivity index (χ0) is 14.4. The van der Waals surface area contributed by atoms with Gasteiger partial charge in [0.25, 0.3) is 0 Å². The van der Waals surface area contributed by atoms with Crippen LogP contribution in [0.3, 0.4) is 0 Å². The van der Waals surface area contributed by atoms with Gasteiger partial charge < -0.3 is 5.32 Å². The summed E-state index contributed by atoms with van der Waals surface area (Å²) in [6.45, 7) is 9.52. The Morgan fingerprint density at radius 2 is 1.65 bits per heavy atom. The fourth-order valence-electron chi connectivity index (χ4n) is 3.42. The molecule has 20 heavy (non-hydrogen) atoms. The van der Waals surface area contributed by atoms with E-state index in [-0.39, 0.29) is 0 Å². The minimum Gasteiger partial charge on any atom is -0.316 e. The van der Waals surface area contributed by atoms with E-state index in [0.717, 1.165) is 24.8 Å². The summed E-state index contributed by atoms with van der Waals surface area (Å²) in [4.78, 5) is 0. The minimum atomic E-state index is 0.506. The second-order valence-corrected chi connectivity index (χ2v) is 7.52. The highest BCUT2D eigenvalue weighted by molar-refractivity contribution is 5.14. The first-order valence-electron chi connectivity index (χ1n) is 8.30. The first-order chi connectivity index (χ1) is 9.55. The second kappa shape index (κ2) is 7.26. The van der Waals surface area contributed by atoms with Gasteiger partial charge in [0, 0.05) is 0 Å². The molecule has 1 aromatic carbocycles. The highest BCUT2D eigenvalue weighted by Gasteiger charge is 2.29. The van der Waals surface area contributed by atoms with Crippen LogP contribution in [-0.2, 0) is 6.42 Å². The highest BCUT2D eigenvalue weighted by atomic mass is 14.9. The van der Waals surface area contributed by atoms with Crippen LogP contribution in [-0.4, -0.2) is 13.1 Å². The third kappa shape index (κ3) is 4.94. The van der Waals surface area contributed by atoms with Crippen LogP contribution in [0.25, 0.3) is 0 Å². The van der Waals surface area contributed by atoms with Gasteiger partial charge >= 0.3 is 0 Å². The zero-order valence-electron chi connectivity index (χ0n) is 13.5. The third-order valence-electron chi connectivity index (χ3n) is 4.94. The lowest BCUT2D eigenvalue weighted by molar-refractivity contribution is 0.149. The number of nitrogens with one attached hydrogen (secondary N) is 1. The van der Waals surface area contributed by atoms with Crippen molar-refractivity contribution >= 4 is 0 Å². The molecule has 1 saturated carbocycles. The van der Waals surface area contributed by atoms with E-state index in [4.69, 9.17) is 0 Å². The van der Waals surface area contributed by atoms with Crippen molar-refractivity contribution < 1.29 is 0 Å². The van der Waals surface area contributed by atoms with Crippen LogP contribution in [0.2, 0.25) is 0 Å². The Kier molecular flexibility index (Phi) is 5.65. The maximum Gasteiger partial charge on any atom is -0.000824 e. The summed E-state index contributed by atoms with van der Waals surface area (Å²) in [5.74, 6) is 1.84. The van der Waals surface area contributed by atoms with Crippen LogP contribution in [0.15, 0.2) is 30.3 Å². The molecule has 2 rings (SSSR count). The topological polar surface area (TPSA) is 12.0 Å². The fourth-order valence-corrected chi connectivity index (χ4v) is 3.42. The van der Waals surface area contributed by atoms with Crippen molar-refractivity contribution in [3.05, 3.63) is 35.9 Å². The van der Waals surface area contributed by atoms with Crippen molar-refractivity contribution in [1.82, 2.24) is 5.32 Å².